The van der Waals surface area contributed by atoms with Crippen LogP contribution in [0.2, 0.25) is 0 Å². The molecule has 1 aromatic carbocycles. The van der Waals surface area contributed by atoms with E-state index in [1.165, 1.54) is 24.4 Å². The number of benzene rings is 1. The zero-order valence-corrected chi connectivity index (χ0v) is 12.3. The molecule has 112 valence electrons. The van der Waals surface area contributed by atoms with Gasteiger partial charge in [0.05, 0.1) is 16.8 Å². The van der Waals surface area contributed by atoms with Crippen molar-refractivity contribution in [1.82, 2.24) is 10.3 Å². The summed E-state index contributed by atoms with van der Waals surface area (Å²) in [5, 5.41) is 8.26. The molecule has 1 atom stereocenters. The summed E-state index contributed by atoms with van der Waals surface area (Å²) in [7, 11) is -3.66. The second-order valence-corrected chi connectivity index (χ2v) is 6.25. The molecule has 3 N–H and O–H groups in total. The van der Waals surface area contributed by atoms with Crippen LogP contribution >= 0.6 is 0 Å². The molecule has 0 fully saturated rings. The standard InChI is InChI=1S/C14H16FN3O2S/c1-10(14-7-4-12(15)9-18-14)17-8-11-2-5-13(6-3-11)21(16,19)20/h2-7,9-10,17H,8H2,1H3,(H2,16,19,20). The number of hydrogen-bond acceptors (Lipinski definition) is 4. The zero-order chi connectivity index (χ0) is 15.5. The van der Waals surface area contributed by atoms with Crippen molar-refractivity contribution < 1.29 is 12.8 Å². The Morgan fingerprint density at radius 1 is 1.24 bits per heavy atom. The van der Waals surface area contributed by atoms with Gasteiger partial charge >= 0.3 is 0 Å². The molecule has 0 aliphatic carbocycles. The van der Waals surface area contributed by atoms with Gasteiger partial charge in [0.2, 0.25) is 10.0 Å². The highest BCUT2D eigenvalue weighted by Crippen LogP contribution is 2.12. The first-order chi connectivity index (χ1) is 9.86. The van der Waals surface area contributed by atoms with Gasteiger partial charge in [-0.2, -0.15) is 0 Å². The molecule has 0 radical (unpaired) electrons. The Balaban J connectivity index is 1.98. The van der Waals surface area contributed by atoms with E-state index in [4.69, 9.17) is 5.14 Å². The summed E-state index contributed by atoms with van der Waals surface area (Å²) in [6, 6.07) is 9.25. The summed E-state index contributed by atoms with van der Waals surface area (Å²) in [6.45, 7) is 2.45. The van der Waals surface area contributed by atoms with Gasteiger partial charge in [0.25, 0.3) is 0 Å². The number of hydrogen-bond donors (Lipinski definition) is 2. The SMILES string of the molecule is CC(NCc1ccc(S(N)(=O)=O)cc1)c1ccc(F)cn1. The maximum Gasteiger partial charge on any atom is 0.238 e. The Hall–Kier alpha value is -1.83. The molecule has 7 heteroatoms. The molecule has 1 unspecified atom stereocenters. The number of nitrogens with zero attached hydrogens (tertiary/aromatic N) is 1. The summed E-state index contributed by atoms with van der Waals surface area (Å²) in [4.78, 5) is 4.09. The number of primary sulfonamides is 1. The van der Waals surface area contributed by atoms with Gasteiger partial charge in [-0.1, -0.05) is 12.1 Å². The summed E-state index contributed by atoms with van der Waals surface area (Å²) in [5.41, 5.74) is 1.65. The first-order valence-corrected chi connectivity index (χ1v) is 7.87. The molecular formula is C14H16FN3O2S. The minimum atomic E-state index is -3.66. The van der Waals surface area contributed by atoms with E-state index in [9.17, 15) is 12.8 Å². The maximum absolute atomic E-state index is 12.8. The lowest BCUT2D eigenvalue weighted by Gasteiger charge is -2.13. The van der Waals surface area contributed by atoms with Crippen molar-refractivity contribution in [3.63, 3.8) is 0 Å². The molecule has 0 aliphatic heterocycles. The predicted octanol–water partition coefficient (Wildman–Crippen LogP) is 1.72. The van der Waals surface area contributed by atoms with Gasteiger partial charge in [-0.3, -0.25) is 4.98 Å². The third-order valence-electron chi connectivity index (χ3n) is 3.06. The number of sulfonamides is 1. The number of aromatic nitrogens is 1. The van der Waals surface area contributed by atoms with Gasteiger partial charge in [-0.05, 0) is 36.8 Å². The topological polar surface area (TPSA) is 85.1 Å². The van der Waals surface area contributed by atoms with Crippen LogP contribution in [0.1, 0.15) is 24.2 Å². The monoisotopic (exact) mass is 309 g/mol. The van der Waals surface area contributed by atoms with Crippen LogP contribution in [-0.4, -0.2) is 13.4 Å². The molecule has 0 saturated heterocycles. The van der Waals surface area contributed by atoms with E-state index in [1.54, 1.807) is 18.2 Å². The van der Waals surface area contributed by atoms with Gasteiger partial charge < -0.3 is 5.32 Å². The normalized spacial score (nSPS) is 13.1. The van der Waals surface area contributed by atoms with Crippen LogP contribution in [0.3, 0.4) is 0 Å². The Morgan fingerprint density at radius 3 is 2.43 bits per heavy atom. The molecular weight excluding hydrogens is 293 g/mol. The zero-order valence-electron chi connectivity index (χ0n) is 11.5. The number of nitrogens with two attached hydrogens (primary N) is 1. The molecule has 2 aromatic rings. The van der Waals surface area contributed by atoms with Crippen molar-refractivity contribution in [2.24, 2.45) is 5.14 Å². The van der Waals surface area contributed by atoms with Crippen LogP contribution in [-0.2, 0) is 16.6 Å². The first-order valence-electron chi connectivity index (χ1n) is 6.33. The molecule has 0 saturated carbocycles. The second-order valence-electron chi connectivity index (χ2n) is 4.69. The van der Waals surface area contributed by atoms with Gasteiger partial charge in [0, 0.05) is 12.6 Å². The molecule has 0 spiro atoms. The van der Waals surface area contributed by atoms with E-state index in [2.05, 4.69) is 10.3 Å². The fraction of sp³-hybridized carbons (Fsp3) is 0.214. The molecule has 21 heavy (non-hydrogen) atoms. The lowest BCUT2D eigenvalue weighted by molar-refractivity contribution is 0.554. The van der Waals surface area contributed by atoms with Crippen LogP contribution in [0, 0.1) is 5.82 Å². The molecule has 2 rings (SSSR count). The van der Waals surface area contributed by atoms with Crippen LogP contribution < -0.4 is 10.5 Å². The van der Waals surface area contributed by atoms with Crippen molar-refractivity contribution in [2.45, 2.75) is 24.4 Å². The Morgan fingerprint density at radius 2 is 1.90 bits per heavy atom. The molecule has 5 nitrogen and oxygen atoms in total. The van der Waals surface area contributed by atoms with Crippen molar-refractivity contribution in [3.05, 3.63) is 59.7 Å². The first kappa shape index (κ1) is 15.6. The Kier molecular flexibility index (Phi) is 4.66. The number of nitrogens with one attached hydrogen (secondary N) is 1. The number of rotatable bonds is 5. The van der Waals surface area contributed by atoms with Crippen LogP contribution in [0.5, 0.6) is 0 Å². The van der Waals surface area contributed by atoms with Crippen LogP contribution in [0.4, 0.5) is 4.39 Å². The Bertz CT molecular complexity index is 700. The van der Waals surface area contributed by atoms with Crippen molar-refractivity contribution in [1.29, 1.82) is 0 Å². The summed E-state index contributed by atoms with van der Waals surface area (Å²) in [5.74, 6) is -0.371. The second kappa shape index (κ2) is 6.30. The van der Waals surface area contributed by atoms with Gasteiger partial charge in [-0.15, -0.1) is 0 Å². The smallest absolute Gasteiger partial charge is 0.238 e. The van der Waals surface area contributed by atoms with Crippen molar-refractivity contribution in [3.8, 4) is 0 Å². The van der Waals surface area contributed by atoms with Gasteiger partial charge in [0.1, 0.15) is 5.82 Å². The number of halogens is 1. The third kappa shape index (κ3) is 4.32. The van der Waals surface area contributed by atoms with Crippen LogP contribution in [0.15, 0.2) is 47.5 Å². The largest absolute Gasteiger partial charge is 0.305 e. The molecule has 1 heterocycles. The van der Waals surface area contributed by atoms with E-state index in [-0.39, 0.29) is 16.8 Å². The van der Waals surface area contributed by atoms with E-state index < -0.39 is 10.0 Å². The molecule has 0 amide bonds. The molecule has 0 aliphatic rings. The highest BCUT2D eigenvalue weighted by molar-refractivity contribution is 7.89. The summed E-state index contributed by atoms with van der Waals surface area (Å²) in [6.07, 6.45) is 1.18. The summed E-state index contributed by atoms with van der Waals surface area (Å²) >= 11 is 0. The van der Waals surface area contributed by atoms with E-state index in [0.717, 1.165) is 11.3 Å². The third-order valence-corrected chi connectivity index (χ3v) is 3.99. The van der Waals surface area contributed by atoms with E-state index >= 15 is 0 Å². The summed E-state index contributed by atoms with van der Waals surface area (Å²) < 4.78 is 35.1. The predicted molar refractivity (Wildman–Crippen MR) is 77.3 cm³/mol. The van der Waals surface area contributed by atoms with Gasteiger partial charge in [-0.25, -0.2) is 17.9 Å². The fourth-order valence-corrected chi connectivity index (χ4v) is 2.33. The minimum absolute atomic E-state index is 0.0523. The highest BCUT2D eigenvalue weighted by atomic mass is 32.2. The van der Waals surface area contributed by atoms with E-state index in [1.807, 2.05) is 6.92 Å². The molecule has 1 aromatic heterocycles. The fourth-order valence-electron chi connectivity index (χ4n) is 1.82. The average Bonchev–Trinajstić information content (AvgIpc) is 2.45. The Labute approximate surface area is 123 Å². The average molecular weight is 309 g/mol. The van der Waals surface area contributed by atoms with Crippen molar-refractivity contribution in [2.75, 3.05) is 0 Å². The van der Waals surface area contributed by atoms with Crippen LogP contribution in [0.25, 0.3) is 0 Å². The van der Waals surface area contributed by atoms with Crippen molar-refractivity contribution >= 4 is 10.0 Å². The maximum atomic E-state index is 12.8. The molecule has 0 bridgehead atoms. The minimum Gasteiger partial charge on any atom is -0.305 e. The lowest BCUT2D eigenvalue weighted by Crippen LogP contribution is -2.19. The quantitative estimate of drug-likeness (QED) is 0.880. The highest BCUT2D eigenvalue weighted by Gasteiger charge is 2.08. The van der Waals surface area contributed by atoms with Gasteiger partial charge in [0.15, 0.2) is 0 Å². The lowest BCUT2D eigenvalue weighted by atomic mass is 10.2. The van der Waals surface area contributed by atoms with E-state index in [0.29, 0.717) is 6.54 Å². The number of pyridine rings is 1.